The van der Waals surface area contributed by atoms with E-state index < -0.39 is 4.92 Å². The zero-order valence-electron chi connectivity index (χ0n) is 17.6. The third-order valence-electron chi connectivity index (χ3n) is 4.76. The quantitative estimate of drug-likeness (QED) is 0.326. The van der Waals surface area contributed by atoms with Crippen LogP contribution in [0.1, 0.15) is 26.6 Å². The Balaban J connectivity index is 1.65. The van der Waals surface area contributed by atoms with E-state index in [1.807, 2.05) is 13.8 Å². The van der Waals surface area contributed by atoms with E-state index in [9.17, 15) is 19.7 Å². The molecule has 10 nitrogen and oxygen atoms in total. The number of amides is 1. The summed E-state index contributed by atoms with van der Waals surface area (Å²) in [6.07, 6.45) is 0. The van der Waals surface area contributed by atoms with Crippen molar-refractivity contribution in [2.75, 3.05) is 18.4 Å². The van der Waals surface area contributed by atoms with Gasteiger partial charge in [-0.1, -0.05) is 0 Å². The molecule has 0 atom stereocenters. The SMILES string of the molecule is Cc1nc(-c2c(C)c(C)nn(C)c2=O)sc1C(=O)NCCNc1ccc([N+](=O)[O-])cc1. The maximum atomic E-state index is 12.6. The zero-order chi connectivity index (χ0) is 22.7. The summed E-state index contributed by atoms with van der Waals surface area (Å²) in [6, 6.07) is 6.05. The summed E-state index contributed by atoms with van der Waals surface area (Å²) in [5.74, 6) is -0.271. The van der Waals surface area contributed by atoms with Gasteiger partial charge in [0.25, 0.3) is 17.2 Å². The summed E-state index contributed by atoms with van der Waals surface area (Å²) >= 11 is 1.18. The molecular weight excluding hydrogens is 420 g/mol. The van der Waals surface area contributed by atoms with Crippen molar-refractivity contribution in [2.24, 2.45) is 7.05 Å². The molecule has 1 aromatic carbocycles. The van der Waals surface area contributed by atoms with E-state index in [1.165, 1.54) is 28.2 Å². The van der Waals surface area contributed by atoms with Crippen molar-refractivity contribution < 1.29 is 9.72 Å². The van der Waals surface area contributed by atoms with Gasteiger partial charge in [-0.15, -0.1) is 11.3 Å². The summed E-state index contributed by atoms with van der Waals surface area (Å²) in [7, 11) is 1.59. The molecular formula is C20H22N6O4S. The summed E-state index contributed by atoms with van der Waals surface area (Å²) in [5, 5.41) is 21.3. The number of anilines is 1. The number of nitrogens with zero attached hydrogens (tertiary/aromatic N) is 4. The minimum absolute atomic E-state index is 0.0183. The second-order valence-electron chi connectivity index (χ2n) is 6.93. The molecule has 3 rings (SSSR count). The molecule has 1 amide bonds. The van der Waals surface area contributed by atoms with Crippen LogP contribution in [0.3, 0.4) is 0 Å². The molecule has 3 aromatic rings. The lowest BCUT2D eigenvalue weighted by atomic mass is 10.1. The molecule has 11 heteroatoms. The molecule has 0 unspecified atom stereocenters. The fourth-order valence-electron chi connectivity index (χ4n) is 2.98. The molecule has 0 aliphatic rings. The van der Waals surface area contributed by atoms with Crippen molar-refractivity contribution in [3.8, 4) is 10.6 Å². The van der Waals surface area contributed by atoms with Gasteiger partial charge in [-0.25, -0.2) is 9.67 Å². The van der Waals surface area contributed by atoms with Crippen molar-refractivity contribution >= 4 is 28.6 Å². The Morgan fingerprint density at radius 2 is 1.84 bits per heavy atom. The minimum Gasteiger partial charge on any atom is -0.383 e. The van der Waals surface area contributed by atoms with Gasteiger partial charge in [-0.3, -0.25) is 19.7 Å². The van der Waals surface area contributed by atoms with Crippen molar-refractivity contribution in [3.63, 3.8) is 0 Å². The third kappa shape index (κ3) is 4.77. The molecule has 0 saturated heterocycles. The summed E-state index contributed by atoms with van der Waals surface area (Å²) in [4.78, 5) is 40.3. The maximum Gasteiger partial charge on any atom is 0.277 e. The number of hydrogen-bond acceptors (Lipinski definition) is 8. The lowest BCUT2D eigenvalue weighted by Crippen LogP contribution is -2.28. The number of non-ortho nitro benzene ring substituents is 1. The third-order valence-corrected chi connectivity index (χ3v) is 5.93. The number of benzene rings is 1. The number of thiazole rings is 1. The molecule has 0 aliphatic carbocycles. The van der Waals surface area contributed by atoms with Gasteiger partial charge < -0.3 is 10.6 Å². The van der Waals surface area contributed by atoms with Crippen molar-refractivity contribution in [1.82, 2.24) is 20.1 Å². The molecule has 0 radical (unpaired) electrons. The standard InChI is InChI=1S/C20H22N6O4S/c1-11-12(2)24-25(4)20(28)16(11)19-23-13(3)17(31-19)18(27)22-10-9-21-14-5-7-15(8-6-14)26(29)30/h5-8,21H,9-10H2,1-4H3,(H,22,27). The van der Waals surface area contributed by atoms with Gasteiger partial charge in [0.15, 0.2) is 0 Å². The normalized spacial score (nSPS) is 10.7. The van der Waals surface area contributed by atoms with Crippen LogP contribution in [-0.2, 0) is 7.05 Å². The number of hydrogen-bond donors (Lipinski definition) is 2. The smallest absolute Gasteiger partial charge is 0.277 e. The lowest BCUT2D eigenvalue weighted by molar-refractivity contribution is -0.384. The number of carbonyl (C=O) groups excluding carboxylic acids is 1. The van der Waals surface area contributed by atoms with E-state index in [1.54, 1.807) is 26.1 Å². The number of nitro groups is 1. The van der Waals surface area contributed by atoms with Gasteiger partial charge in [0, 0.05) is 38.0 Å². The van der Waals surface area contributed by atoms with Gasteiger partial charge >= 0.3 is 0 Å². The van der Waals surface area contributed by atoms with Crippen LogP contribution in [0.5, 0.6) is 0 Å². The number of aromatic nitrogens is 3. The van der Waals surface area contributed by atoms with Crippen molar-refractivity contribution in [2.45, 2.75) is 20.8 Å². The van der Waals surface area contributed by atoms with Crippen LogP contribution in [0.25, 0.3) is 10.6 Å². The second kappa shape index (κ2) is 9.04. The van der Waals surface area contributed by atoms with Crippen LogP contribution in [0.4, 0.5) is 11.4 Å². The van der Waals surface area contributed by atoms with Gasteiger partial charge in [0.2, 0.25) is 0 Å². The van der Waals surface area contributed by atoms with Crippen LogP contribution in [0.2, 0.25) is 0 Å². The molecule has 2 N–H and O–H groups in total. The molecule has 0 saturated carbocycles. The Bertz CT molecular complexity index is 1200. The Morgan fingerprint density at radius 3 is 2.48 bits per heavy atom. The molecule has 0 spiro atoms. The molecule has 0 fully saturated rings. The van der Waals surface area contributed by atoms with Crippen molar-refractivity contribution in [1.29, 1.82) is 0 Å². The predicted octanol–water partition coefficient (Wildman–Crippen LogP) is 2.58. The first-order valence-electron chi connectivity index (χ1n) is 9.48. The summed E-state index contributed by atoms with van der Waals surface area (Å²) < 4.78 is 1.28. The average Bonchev–Trinajstić information content (AvgIpc) is 3.11. The minimum atomic E-state index is -0.458. The van der Waals surface area contributed by atoms with Gasteiger partial charge in [-0.05, 0) is 38.5 Å². The zero-order valence-corrected chi connectivity index (χ0v) is 18.4. The number of carbonyl (C=O) groups is 1. The van der Waals surface area contributed by atoms with Crippen LogP contribution in [0.15, 0.2) is 29.1 Å². The number of nitro benzene ring substituents is 1. The lowest BCUT2D eigenvalue weighted by Gasteiger charge is -2.07. The predicted molar refractivity (Wildman–Crippen MR) is 119 cm³/mol. The summed E-state index contributed by atoms with van der Waals surface area (Å²) in [6.45, 7) is 6.16. The van der Waals surface area contributed by atoms with E-state index in [4.69, 9.17) is 0 Å². The van der Waals surface area contributed by atoms with Gasteiger partial charge in [-0.2, -0.15) is 5.10 Å². The first-order chi connectivity index (χ1) is 14.7. The highest BCUT2D eigenvalue weighted by molar-refractivity contribution is 7.17. The molecule has 0 aliphatic heterocycles. The molecule has 2 aromatic heterocycles. The largest absolute Gasteiger partial charge is 0.383 e. The highest BCUT2D eigenvalue weighted by atomic mass is 32.1. The molecule has 0 bridgehead atoms. The number of rotatable bonds is 7. The number of nitrogens with one attached hydrogen (secondary N) is 2. The Kier molecular flexibility index (Phi) is 6.44. The fourth-order valence-corrected chi connectivity index (χ4v) is 4.06. The van der Waals surface area contributed by atoms with Crippen LogP contribution in [0, 0.1) is 30.9 Å². The van der Waals surface area contributed by atoms with Crippen molar-refractivity contribution in [3.05, 3.63) is 66.6 Å². The second-order valence-corrected chi connectivity index (χ2v) is 7.93. The number of aryl methyl sites for hydroxylation is 3. The van der Waals surface area contributed by atoms with E-state index in [-0.39, 0.29) is 17.2 Å². The maximum absolute atomic E-state index is 12.6. The van der Waals surface area contributed by atoms with Gasteiger partial charge in [0.1, 0.15) is 9.88 Å². The Labute approximate surface area is 182 Å². The van der Waals surface area contributed by atoms with Crippen LogP contribution in [-0.4, -0.2) is 38.7 Å². The highest BCUT2D eigenvalue weighted by Crippen LogP contribution is 2.28. The molecule has 162 valence electrons. The summed E-state index contributed by atoms with van der Waals surface area (Å²) in [5.41, 5.74) is 2.97. The fraction of sp³-hybridized carbons (Fsp3) is 0.300. The molecule has 31 heavy (non-hydrogen) atoms. The van der Waals surface area contributed by atoms with Crippen LogP contribution < -0.4 is 16.2 Å². The van der Waals surface area contributed by atoms with Gasteiger partial charge in [0.05, 0.1) is 21.9 Å². The average molecular weight is 443 g/mol. The first kappa shape index (κ1) is 22.1. The Hall–Kier alpha value is -3.60. The Morgan fingerprint density at radius 1 is 1.16 bits per heavy atom. The van der Waals surface area contributed by atoms with E-state index in [0.717, 1.165) is 16.9 Å². The van der Waals surface area contributed by atoms with Crippen LogP contribution >= 0.6 is 11.3 Å². The van der Waals surface area contributed by atoms with E-state index >= 15 is 0 Å². The van der Waals surface area contributed by atoms with E-state index in [2.05, 4.69) is 20.7 Å². The highest BCUT2D eigenvalue weighted by Gasteiger charge is 2.20. The monoisotopic (exact) mass is 442 g/mol. The molecule has 2 heterocycles. The first-order valence-corrected chi connectivity index (χ1v) is 10.3. The topological polar surface area (TPSA) is 132 Å². The van der Waals surface area contributed by atoms with E-state index in [0.29, 0.717) is 34.2 Å².